The van der Waals surface area contributed by atoms with Gasteiger partial charge in [-0.1, -0.05) is 31.3 Å². The van der Waals surface area contributed by atoms with Crippen molar-refractivity contribution >= 4 is 6.01 Å². The molecule has 0 saturated heterocycles. The van der Waals surface area contributed by atoms with Crippen LogP contribution in [0.3, 0.4) is 0 Å². The van der Waals surface area contributed by atoms with Crippen LogP contribution < -0.4 is 10.6 Å². The van der Waals surface area contributed by atoms with Crippen molar-refractivity contribution in [1.29, 1.82) is 0 Å². The lowest BCUT2D eigenvalue weighted by molar-refractivity contribution is 0.413. The van der Waals surface area contributed by atoms with E-state index in [2.05, 4.69) is 27.8 Å². The van der Waals surface area contributed by atoms with Gasteiger partial charge in [0.25, 0.3) is 0 Å². The van der Waals surface area contributed by atoms with E-state index >= 15 is 0 Å². The summed E-state index contributed by atoms with van der Waals surface area (Å²) < 4.78 is 5.60. The summed E-state index contributed by atoms with van der Waals surface area (Å²) in [6.07, 6.45) is 6.37. The van der Waals surface area contributed by atoms with Crippen LogP contribution >= 0.6 is 0 Å². The van der Waals surface area contributed by atoms with Gasteiger partial charge in [-0.2, -0.15) is 0 Å². The first-order valence-electron chi connectivity index (χ1n) is 6.63. The molecule has 1 aliphatic rings. The van der Waals surface area contributed by atoms with E-state index in [1.807, 2.05) is 6.92 Å². The largest absolute Gasteiger partial charge is 0.406 e. The number of hydrogen-bond acceptors (Lipinski definition) is 5. The normalized spacial score (nSPS) is 19.2. The van der Waals surface area contributed by atoms with Crippen LogP contribution in [0.4, 0.5) is 6.01 Å². The first-order chi connectivity index (χ1) is 8.29. The van der Waals surface area contributed by atoms with Crippen molar-refractivity contribution in [3.05, 3.63) is 5.89 Å². The Morgan fingerprint density at radius 1 is 1.29 bits per heavy atom. The molecule has 5 nitrogen and oxygen atoms in total. The standard InChI is InChI=1S/C12H22N4O/c1-3-13-9(2)11-15-16-12(17-11)14-10-7-5-4-6-8-10/h9-10,13H,3-8H2,1-2H3,(H,14,16). The van der Waals surface area contributed by atoms with Crippen molar-refractivity contribution in [3.8, 4) is 0 Å². The fourth-order valence-electron chi connectivity index (χ4n) is 2.28. The third kappa shape index (κ3) is 3.43. The predicted molar refractivity (Wildman–Crippen MR) is 66.9 cm³/mol. The van der Waals surface area contributed by atoms with Crippen LogP contribution in [0, 0.1) is 0 Å². The van der Waals surface area contributed by atoms with Crippen molar-refractivity contribution in [2.75, 3.05) is 11.9 Å². The minimum atomic E-state index is 0.120. The second kappa shape index (κ2) is 6.00. The SMILES string of the molecule is CCNC(C)c1nnc(NC2CCCCC2)o1. The lowest BCUT2D eigenvalue weighted by Crippen LogP contribution is -2.22. The number of hydrogen-bond donors (Lipinski definition) is 2. The molecule has 0 radical (unpaired) electrons. The molecule has 0 spiro atoms. The molecule has 1 aromatic rings. The van der Waals surface area contributed by atoms with Crippen molar-refractivity contribution in [1.82, 2.24) is 15.5 Å². The third-order valence-electron chi connectivity index (χ3n) is 3.25. The summed E-state index contributed by atoms with van der Waals surface area (Å²) >= 11 is 0. The van der Waals surface area contributed by atoms with E-state index in [0.29, 0.717) is 17.9 Å². The van der Waals surface area contributed by atoms with Gasteiger partial charge in [0.15, 0.2) is 0 Å². The summed E-state index contributed by atoms with van der Waals surface area (Å²) in [7, 11) is 0. The van der Waals surface area contributed by atoms with Gasteiger partial charge in [0.05, 0.1) is 6.04 Å². The molecule has 96 valence electrons. The summed E-state index contributed by atoms with van der Waals surface area (Å²) in [5.41, 5.74) is 0. The summed E-state index contributed by atoms with van der Waals surface area (Å²) in [6, 6.07) is 1.19. The second-order valence-corrected chi connectivity index (χ2v) is 4.70. The predicted octanol–water partition coefficient (Wildman–Crippen LogP) is 2.48. The Bertz CT molecular complexity index is 333. The van der Waals surface area contributed by atoms with Gasteiger partial charge in [0.2, 0.25) is 5.89 Å². The highest BCUT2D eigenvalue weighted by atomic mass is 16.4. The molecular weight excluding hydrogens is 216 g/mol. The fraction of sp³-hybridized carbons (Fsp3) is 0.833. The average molecular weight is 238 g/mol. The molecule has 1 aliphatic carbocycles. The maximum atomic E-state index is 5.60. The van der Waals surface area contributed by atoms with Gasteiger partial charge >= 0.3 is 6.01 Å². The highest BCUT2D eigenvalue weighted by Gasteiger charge is 2.17. The molecule has 0 amide bonds. The Morgan fingerprint density at radius 2 is 2.06 bits per heavy atom. The number of rotatable bonds is 5. The van der Waals surface area contributed by atoms with Gasteiger partial charge < -0.3 is 15.1 Å². The summed E-state index contributed by atoms with van der Waals surface area (Å²) in [4.78, 5) is 0. The van der Waals surface area contributed by atoms with Gasteiger partial charge in [-0.3, -0.25) is 0 Å². The first-order valence-corrected chi connectivity index (χ1v) is 6.63. The molecular formula is C12H22N4O. The Balaban J connectivity index is 1.88. The molecule has 1 aromatic heterocycles. The van der Waals surface area contributed by atoms with Crippen molar-refractivity contribution in [2.24, 2.45) is 0 Å². The molecule has 1 heterocycles. The van der Waals surface area contributed by atoms with Crippen LogP contribution in [0.15, 0.2) is 4.42 Å². The average Bonchev–Trinajstić information content (AvgIpc) is 2.79. The summed E-state index contributed by atoms with van der Waals surface area (Å²) in [5, 5.41) is 14.7. The van der Waals surface area contributed by atoms with Crippen molar-refractivity contribution in [3.63, 3.8) is 0 Å². The molecule has 1 atom stereocenters. The third-order valence-corrected chi connectivity index (χ3v) is 3.25. The Morgan fingerprint density at radius 3 is 2.76 bits per heavy atom. The van der Waals surface area contributed by atoms with Gasteiger partial charge in [0.1, 0.15) is 0 Å². The van der Waals surface area contributed by atoms with Crippen molar-refractivity contribution < 1.29 is 4.42 Å². The van der Waals surface area contributed by atoms with Crippen LogP contribution in [0.5, 0.6) is 0 Å². The zero-order chi connectivity index (χ0) is 12.1. The molecule has 0 bridgehead atoms. The molecule has 17 heavy (non-hydrogen) atoms. The molecule has 2 N–H and O–H groups in total. The smallest absolute Gasteiger partial charge is 0.315 e. The summed E-state index contributed by atoms with van der Waals surface area (Å²) in [6.45, 7) is 4.99. The van der Waals surface area contributed by atoms with Crippen LogP contribution in [0.1, 0.15) is 57.9 Å². The quantitative estimate of drug-likeness (QED) is 0.825. The van der Waals surface area contributed by atoms with E-state index in [1.165, 1.54) is 32.1 Å². The Hall–Kier alpha value is -1.10. The maximum Gasteiger partial charge on any atom is 0.315 e. The van der Waals surface area contributed by atoms with Crippen LogP contribution in [-0.4, -0.2) is 22.8 Å². The van der Waals surface area contributed by atoms with E-state index in [1.54, 1.807) is 0 Å². The molecule has 2 rings (SSSR count). The van der Waals surface area contributed by atoms with E-state index in [-0.39, 0.29) is 6.04 Å². The van der Waals surface area contributed by atoms with Crippen LogP contribution in [-0.2, 0) is 0 Å². The topological polar surface area (TPSA) is 63.0 Å². The Labute approximate surface area is 102 Å². The number of nitrogens with zero attached hydrogens (tertiary/aromatic N) is 2. The number of nitrogens with one attached hydrogen (secondary N) is 2. The zero-order valence-corrected chi connectivity index (χ0v) is 10.7. The molecule has 1 saturated carbocycles. The van der Waals surface area contributed by atoms with Gasteiger partial charge in [0, 0.05) is 6.04 Å². The lowest BCUT2D eigenvalue weighted by Gasteiger charge is -2.21. The lowest BCUT2D eigenvalue weighted by atomic mass is 9.96. The monoisotopic (exact) mass is 238 g/mol. The zero-order valence-electron chi connectivity index (χ0n) is 10.7. The summed E-state index contributed by atoms with van der Waals surface area (Å²) in [5.74, 6) is 0.658. The number of anilines is 1. The van der Waals surface area contributed by atoms with Crippen molar-refractivity contribution in [2.45, 2.75) is 58.0 Å². The molecule has 5 heteroatoms. The molecule has 0 aromatic carbocycles. The van der Waals surface area contributed by atoms with Crippen LogP contribution in [0.25, 0.3) is 0 Å². The number of aromatic nitrogens is 2. The minimum absolute atomic E-state index is 0.120. The van der Waals surface area contributed by atoms with Gasteiger partial charge in [-0.25, -0.2) is 0 Å². The highest BCUT2D eigenvalue weighted by Crippen LogP contribution is 2.21. The minimum Gasteiger partial charge on any atom is -0.406 e. The second-order valence-electron chi connectivity index (χ2n) is 4.70. The van der Waals surface area contributed by atoms with E-state index in [4.69, 9.17) is 4.42 Å². The molecule has 1 unspecified atom stereocenters. The fourth-order valence-corrected chi connectivity index (χ4v) is 2.28. The molecule has 0 aliphatic heterocycles. The van der Waals surface area contributed by atoms with Gasteiger partial charge in [-0.15, -0.1) is 5.10 Å². The highest BCUT2D eigenvalue weighted by molar-refractivity contribution is 5.20. The Kier molecular flexibility index (Phi) is 4.36. The van der Waals surface area contributed by atoms with Gasteiger partial charge in [-0.05, 0) is 26.3 Å². The maximum absolute atomic E-state index is 5.60. The van der Waals surface area contributed by atoms with E-state index in [9.17, 15) is 0 Å². The first kappa shape index (κ1) is 12.4. The van der Waals surface area contributed by atoms with E-state index in [0.717, 1.165) is 6.54 Å². The molecule has 1 fully saturated rings. The van der Waals surface area contributed by atoms with E-state index < -0.39 is 0 Å². The van der Waals surface area contributed by atoms with Crippen LogP contribution in [0.2, 0.25) is 0 Å².